The molecule has 0 amide bonds. The van der Waals surface area contributed by atoms with Gasteiger partial charge in [0.15, 0.2) is 0 Å². The highest BCUT2D eigenvalue weighted by molar-refractivity contribution is 8.12. The zero-order valence-electron chi connectivity index (χ0n) is 23.1. The summed E-state index contributed by atoms with van der Waals surface area (Å²) in [6.07, 6.45) is 7.24. The van der Waals surface area contributed by atoms with Crippen molar-refractivity contribution in [1.29, 1.82) is 0 Å². The summed E-state index contributed by atoms with van der Waals surface area (Å²) >= 11 is 8.36. The van der Waals surface area contributed by atoms with Gasteiger partial charge in [-0.2, -0.15) is 0 Å². The highest BCUT2D eigenvalue weighted by Crippen LogP contribution is 2.68. The van der Waals surface area contributed by atoms with E-state index in [1.807, 2.05) is 11.3 Å². The average Bonchev–Trinajstić information content (AvgIpc) is 3.71. The van der Waals surface area contributed by atoms with Gasteiger partial charge in [0.1, 0.15) is 0 Å². The van der Waals surface area contributed by atoms with Crippen molar-refractivity contribution in [1.82, 2.24) is 0 Å². The first-order valence-corrected chi connectivity index (χ1v) is 17.7. The maximum atomic E-state index is 2.55. The van der Waals surface area contributed by atoms with Crippen molar-refractivity contribution < 1.29 is 0 Å². The van der Waals surface area contributed by atoms with Crippen molar-refractivity contribution in [3.63, 3.8) is 0 Å². The summed E-state index contributed by atoms with van der Waals surface area (Å²) in [5.74, 6) is 0. The summed E-state index contributed by atoms with van der Waals surface area (Å²) < 4.78 is 3.04. The Morgan fingerprint density at radius 3 is 2.11 bits per heavy atom. The number of thioether (sulfide) groups is 2. The van der Waals surface area contributed by atoms with Gasteiger partial charge in [0.05, 0.1) is 4.70 Å². The van der Waals surface area contributed by atoms with E-state index in [4.69, 9.17) is 0 Å². The number of thiophene rings is 2. The number of rotatable bonds is 4. The van der Waals surface area contributed by atoms with Crippen LogP contribution in [0.4, 0.5) is 0 Å². The van der Waals surface area contributed by atoms with Crippen molar-refractivity contribution in [3.8, 4) is 10.4 Å². The summed E-state index contributed by atoms with van der Waals surface area (Å²) in [7, 11) is 0. The Bertz CT molecular complexity index is 1750. The van der Waals surface area contributed by atoms with Gasteiger partial charge >= 0.3 is 0 Å². The lowest BCUT2D eigenvalue weighted by atomic mass is 9.71. The van der Waals surface area contributed by atoms with E-state index in [0.29, 0.717) is 10.5 Å². The van der Waals surface area contributed by atoms with E-state index < -0.39 is 0 Å². The molecule has 2 atom stereocenters. The van der Waals surface area contributed by atoms with E-state index in [9.17, 15) is 0 Å². The van der Waals surface area contributed by atoms with Crippen LogP contribution in [0, 0.1) is 6.92 Å². The first kappa shape index (κ1) is 24.3. The number of aryl methyl sites for hydroxylation is 1. The van der Waals surface area contributed by atoms with Crippen molar-refractivity contribution in [2.24, 2.45) is 0 Å². The highest BCUT2D eigenvalue weighted by atomic mass is 32.2. The molecule has 0 bridgehead atoms. The number of allylic oxidation sites excluding steroid dienone is 1. The lowest BCUT2D eigenvalue weighted by Gasteiger charge is -2.35. The van der Waals surface area contributed by atoms with Gasteiger partial charge in [0.2, 0.25) is 0 Å². The van der Waals surface area contributed by atoms with E-state index in [0.717, 1.165) is 12.8 Å². The molecule has 2 aliphatic heterocycles. The van der Waals surface area contributed by atoms with Gasteiger partial charge in [-0.1, -0.05) is 58.0 Å². The fourth-order valence-corrected chi connectivity index (χ4v) is 14.7. The van der Waals surface area contributed by atoms with E-state index >= 15 is 0 Å². The summed E-state index contributed by atoms with van der Waals surface area (Å²) in [6.45, 7) is 14.3. The van der Waals surface area contributed by atoms with Crippen LogP contribution in [0.1, 0.15) is 87.4 Å². The molecule has 2 unspecified atom stereocenters. The molecule has 0 spiro atoms. The molecular formula is C34H34S4. The number of hydrogen-bond acceptors (Lipinski definition) is 4. The molecule has 8 rings (SSSR count). The molecule has 0 fully saturated rings. The van der Waals surface area contributed by atoms with E-state index in [1.165, 1.54) is 38.1 Å². The zero-order valence-corrected chi connectivity index (χ0v) is 26.3. The predicted octanol–water partition coefficient (Wildman–Crippen LogP) is 11.4. The monoisotopic (exact) mass is 570 g/mol. The van der Waals surface area contributed by atoms with Crippen LogP contribution in [-0.4, -0.2) is 10.5 Å². The lowest BCUT2D eigenvalue weighted by molar-refractivity contribution is 0.468. The maximum absolute atomic E-state index is 2.55. The van der Waals surface area contributed by atoms with E-state index in [1.54, 1.807) is 47.9 Å². The molecule has 0 saturated heterocycles. The van der Waals surface area contributed by atoms with Gasteiger partial charge < -0.3 is 0 Å². The molecule has 0 N–H and O–H groups in total. The Labute approximate surface area is 243 Å². The molecule has 0 saturated carbocycles. The molecular weight excluding hydrogens is 537 g/mol. The Kier molecular flexibility index (Phi) is 5.16. The lowest BCUT2D eigenvalue weighted by Crippen LogP contribution is -2.31. The summed E-state index contributed by atoms with van der Waals surface area (Å²) in [4.78, 5) is 6.13. The van der Waals surface area contributed by atoms with Crippen LogP contribution in [0.2, 0.25) is 0 Å². The standard InChI is InChI=1S/C34H34S4/c1-7-33(8-2)21-13-11-20-19(25(21)31-27(33)29-23(37-31)15-17(5)35-29)12-14-22-26(20)32-28(34(22,9-3)10-4)30-24(38-32)16-18(6)36-30/h11-16,23,29H,7-10H2,1-6H3. The second-order valence-electron chi connectivity index (χ2n) is 11.6. The smallest absolute Gasteiger partial charge is 0.0501 e. The molecule has 2 aromatic heterocycles. The van der Waals surface area contributed by atoms with Crippen LogP contribution < -0.4 is 0 Å². The quantitative estimate of drug-likeness (QED) is 0.239. The minimum absolute atomic E-state index is 0.131. The second-order valence-corrected chi connectivity index (χ2v) is 16.5. The van der Waals surface area contributed by atoms with Crippen molar-refractivity contribution in [2.75, 3.05) is 0 Å². The van der Waals surface area contributed by atoms with Crippen LogP contribution in [0.25, 0.3) is 35.5 Å². The van der Waals surface area contributed by atoms with Crippen LogP contribution in [0.15, 0.2) is 46.9 Å². The Morgan fingerprint density at radius 2 is 1.42 bits per heavy atom. The zero-order chi connectivity index (χ0) is 26.1. The number of hydrogen-bond donors (Lipinski definition) is 0. The molecule has 2 aliphatic carbocycles. The molecule has 0 radical (unpaired) electrons. The van der Waals surface area contributed by atoms with Gasteiger partial charge in [-0.3, -0.25) is 0 Å². The van der Waals surface area contributed by atoms with Gasteiger partial charge in [-0.15, -0.1) is 46.2 Å². The Balaban J connectivity index is 1.44. The third kappa shape index (κ3) is 2.67. The van der Waals surface area contributed by atoms with Gasteiger partial charge in [-0.05, 0) is 83.5 Å². The Morgan fingerprint density at radius 1 is 0.763 bits per heavy atom. The van der Waals surface area contributed by atoms with Crippen LogP contribution >= 0.6 is 46.2 Å². The van der Waals surface area contributed by atoms with E-state index in [2.05, 4.69) is 113 Å². The number of fused-ring (bicyclic) bond motifs is 12. The predicted molar refractivity (Wildman–Crippen MR) is 174 cm³/mol. The first-order chi connectivity index (χ1) is 18.4. The fourth-order valence-electron chi connectivity index (χ4n) is 8.54. The molecule has 4 heterocycles. The van der Waals surface area contributed by atoms with Gasteiger partial charge in [-0.25, -0.2) is 0 Å². The van der Waals surface area contributed by atoms with Crippen LogP contribution in [0.5, 0.6) is 0 Å². The normalized spacial score (nSPS) is 23.7. The number of benzene rings is 2. The largest absolute Gasteiger partial charge is 0.139 e. The minimum atomic E-state index is 0.131. The molecule has 194 valence electrons. The average molecular weight is 571 g/mol. The molecule has 38 heavy (non-hydrogen) atoms. The second kappa shape index (κ2) is 8.06. The first-order valence-electron chi connectivity index (χ1n) is 14.3. The molecule has 2 aromatic carbocycles. The van der Waals surface area contributed by atoms with Crippen molar-refractivity contribution >= 4 is 71.3 Å². The van der Waals surface area contributed by atoms with Gasteiger partial charge in [0, 0.05) is 51.8 Å². The third-order valence-corrected chi connectivity index (χ3v) is 15.5. The third-order valence-electron chi connectivity index (χ3n) is 10.4. The molecule has 4 aromatic rings. The summed E-state index contributed by atoms with van der Waals surface area (Å²) in [6, 6.07) is 12.6. The molecule has 4 heteroatoms. The van der Waals surface area contributed by atoms with Crippen molar-refractivity contribution in [3.05, 3.63) is 74.0 Å². The minimum Gasteiger partial charge on any atom is -0.139 e. The van der Waals surface area contributed by atoms with Crippen molar-refractivity contribution in [2.45, 2.75) is 88.6 Å². The topological polar surface area (TPSA) is 0 Å². The molecule has 4 aliphatic rings. The maximum Gasteiger partial charge on any atom is 0.0501 e. The summed E-state index contributed by atoms with van der Waals surface area (Å²) in [5.41, 5.74) is 10.0. The summed E-state index contributed by atoms with van der Waals surface area (Å²) in [5, 5.41) is 4.20. The van der Waals surface area contributed by atoms with Crippen LogP contribution in [-0.2, 0) is 10.8 Å². The van der Waals surface area contributed by atoms with Gasteiger partial charge in [0.25, 0.3) is 0 Å². The Hall–Kier alpha value is -1.46. The fraction of sp³-hybridized carbons (Fsp3) is 0.412. The SMILES string of the molecule is CCC1(CC)C2=C(SC3C=C(C)SC23)c2c1ccc1c3c(ccc21)C(CC)(CC)c1c-3sc2cc(C)sc12. The molecule has 0 nitrogen and oxygen atoms in total. The highest BCUT2D eigenvalue weighted by Gasteiger charge is 2.54. The van der Waals surface area contributed by atoms with Crippen LogP contribution in [0.3, 0.4) is 0 Å². The van der Waals surface area contributed by atoms with E-state index in [-0.39, 0.29) is 10.8 Å².